The van der Waals surface area contributed by atoms with E-state index in [1.54, 1.807) is 0 Å². The first-order valence-electron chi connectivity index (χ1n) is 10.6. The fourth-order valence-electron chi connectivity index (χ4n) is 3.99. The van der Waals surface area contributed by atoms with Crippen molar-refractivity contribution in [3.05, 3.63) is 87.3 Å². The van der Waals surface area contributed by atoms with Crippen LogP contribution in [0.5, 0.6) is 0 Å². The van der Waals surface area contributed by atoms with Crippen LogP contribution in [-0.2, 0) is 6.42 Å². The maximum absolute atomic E-state index is 12.9. The minimum absolute atomic E-state index is 0.0936. The summed E-state index contributed by atoms with van der Waals surface area (Å²) in [4.78, 5) is 26.5. The minimum atomic E-state index is 0.0936. The molecule has 2 heterocycles. The molecule has 0 spiro atoms. The van der Waals surface area contributed by atoms with Crippen LogP contribution < -0.4 is 4.90 Å². The molecular formula is C25H27ClN4O. The predicted molar refractivity (Wildman–Crippen MR) is 125 cm³/mol. The average Bonchev–Trinajstić information content (AvgIpc) is 2.77. The first-order valence-corrected chi connectivity index (χ1v) is 11.0. The number of benzene rings is 2. The quantitative estimate of drug-likeness (QED) is 0.601. The van der Waals surface area contributed by atoms with Crippen LogP contribution >= 0.6 is 11.6 Å². The molecule has 160 valence electrons. The Morgan fingerprint density at radius 2 is 1.55 bits per heavy atom. The van der Waals surface area contributed by atoms with E-state index in [1.807, 2.05) is 74.2 Å². The Balaban J connectivity index is 1.51. The van der Waals surface area contributed by atoms with Crippen LogP contribution in [0.15, 0.2) is 48.5 Å². The molecule has 0 saturated carbocycles. The third-order valence-corrected chi connectivity index (χ3v) is 6.01. The Hall–Kier alpha value is -2.92. The standard InChI is InChI=1S/C25H27ClN4O/c1-17-4-8-21(9-5-17)25(31)30-14-12-29(13-15-30)24-23(18(2)27-19(3)28-24)16-20-6-10-22(26)11-7-20/h4-11H,12-16H2,1-3H3. The second-order valence-electron chi connectivity index (χ2n) is 8.11. The van der Waals surface area contributed by atoms with Gasteiger partial charge in [-0.2, -0.15) is 0 Å². The highest BCUT2D eigenvalue weighted by Crippen LogP contribution is 2.26. The van der Waals surface area contributed by atoms with Gasteiger partial charge in [0, 0.05) is 54.4 Å². The molecule has 5 nitrogen and oxygen atoms in total. The molecule has 1 saturated heterocycles. The largest absolute Gasteiger partial charge is 0.353 e. The molecule has 31 heavy (non-hydrogen) atoms. The van der Waals surface area contributed by atoms with Crippen LogP contribution in [-0.4, -0.2) is 47.0 Å². The van der Waals surface area contributed by atoms with E-state index in [0.29, 0.717) is 13.1 Å². The first kappa shape index (κ1) is 21.3. The van der Waals surface area contributed by atoms with Crippen molar-refractivity contribution >= 4 is 23.3 Å². The number of carbonyl (C=O) groups excluding carboxylic acids is 1. The molecule has 6 heteroatoms. The molecular weight excluding hydrogens is 408 g/mol. The molecule has 1 fully saturated rings. The number of aromatic nitrogens is 2. The van der Waals surface area contributed by atoms with Crippen molar-refractivity contribution in [1.29, 1.82) is 0 Å². The average molecular weight is 435 g/mol. The molecule has 1 aliphatic rings. The molecule has 4 rings (SSSR count). The highest BCUT2D eigenvalue weighted by atomic mass is 35.5. The third kappa shape index (κ3) is 4.88. The van der Waals surface area contributed by atoms with Crippen molar-refractivity contribution in [3.8, 4) is 0 Å². The van der Waals surface area contributed by atoms with Gasteiger partial charge in [-0.05, 0) is 50.6 Å². The highest BCUT2D eigenvalue weighted by molar-refractivity contribution is 6.30. The maximum atomic E-state index is 12.9. The van der Waals surface area contributed by atoms with E-state index in [2.05, 4.69) is 9.88 Å². The third-order valence-electron chi connectivity index (χ3n) is 5.76. The van der Waals surface area contributed by atoms with Gasteiger partial charge in [0.25, 0.3) is 5.91 Å². The van der Waals surface area contributed by atoms with Crippen LogP contribution in [0.3, 0.4) is 0 Å². The zero-order valence-electron chi connectivity index (χ0n) is 18.2. The van der Waals surface area contributed by atoms with Gasteiger partial charge in [-0.25, -0.2) is 9.97 Å². The van der Waals surface area contributed by atoms with Crippen molar-refractivity contribution < 1.29 is 4.79 Å². The molecule has 0 N–H and O–H groups in total. The van der Waals surface area contributed by atoms with E-state index in [-0.39, 0.29) is 5.91 Å². The highest BCUT2D eigenvalue weighted by Gasteiger charge is 2.25. The predicted octanol–water partition coefficient (Wildman–Crippen LogP) is 4.61. The van der Waals surface area contributed by atoms with Crippen molar-refractivity contribution in [1.82, 2.24) is 14.9 Å². The summed E-state index contributed by atoms with van der Waals surface area (Å²) in [5.41, 5.74) is 5.21. The Labute approximate surface area is 188 Å². The van der Waals surface area contributed by atoms with E-state index in [0.717, 1.165) is 58.6 Å². The lowest BCUT2D eigenvalue weighted by Crippen LogP contribution is -2.49. The summed E-state index contributed by atoms with van der Waals surface area (Å²) in [5.74, 6) is 1.84. The van der Waals surface area contributed by atoms with Crippen LogP contribution in [0.25, 0.3) is 0 Å². The number of carbonyl (C=O) groups is 1. The molecule has 0 bridgehead atoms. The SMILES string of the molecule is Cc1ccc(C(=O)N2CCN(c3nc(C)nc(C)c3Cc3ccc(Cl)cc3)CC2)cc1. The van der Waals surface area contributed by atoms with Crippen molar-refractivity contribution in [2.45, 2.75) is 27.2 Å². The van der Waals surface area contributed by atoms with E-state index in [1.165, 1.54) is 5.56 Å². The summed E-state index contributed by atoms with van der Waals surface area (Å²) in [5, 5.41) is 0.732. The second-order valence-corrected chi connectivity index (χ2v) is 8.54. The summed E-state index contributed by atoms with van der Waals surface area (Å²) < 4.78 is 0. The summed E-state index contributed by atoms with van der Waals surface area (Å²) >= 11 is 6.05. The van der Waals surface area contributed by atoms with Gasteiger partial charge < -0.3 is 9.80 Å². The number of hydrogen-bond acceptors (Lipinski definition) is 4. The van der Waals surface area contributed by atoms with Gasteiger partial charge >= 0.3 is 0 Å². The van der Waals surface area contributed by atoms with E-state index >= 15 is 0 Å². The number of rotatable bonds is 4. The van der Waals surface area contributed by atoms with Crippen LogP contribution in [0, 0.1) is 20.8 Å². The number of nitrogens with zero attached hydrogens (tertiary/aromatic N) is 4. The lowest BCUT2D eigenvalue weighted by Gasteiger charge is -2.36. The van der Waals surface area contributed by atoms with E-state index in [4.69, 9.17) is 16.6 Å². The first-order chi connectivity index (χ1) is 14.9. The molecule has 1 aliphatic heterocycles. The van der Waals surface area contributed by atoms with E-state index < -0.39 is 0 Å². The summed E-state index contributed by atoms with van der Waals surface area (Å²) in [6, 6.07) is 15.7. The van der Waals surface area contributed by atoms with Gasteiger partial charge in [0.15, 0.2) is 0 Å². The zero-order chi connectivity index (χ0) is 22.0. The molecule has 0 radical (unpaired) electrons. The smallest absolute Gasteiger partial charge is 0.253 e. The molecule has 0 aliphatic carbocycles. The topological polar surface area (TPSA) is 49.3 Å². The summed E-state index contributed by atoms with van der Waals surface area (Å²) in [7, 11) is 0. The Morgan fingerprint density at radius 3 is 2.19 bits per heavy atom. The monoisotopic (exact) mass is 434 g/mol. The van der Waals surface area contributed by atoms with Crippen molar-refractivity contribution in [2.75, 3.05) is 31.1 Å². The van der Waals surface area contributed by atoms with Crippen LogP contribution in [0.1, 0.15) is 38.6 Å². The molecule has 0 unspecified atom stereocenters. The summed E-state index contributed by atoms with van der Waals surface area (Å²) in [6.07, 6.45) is 0.751. The van der Waals surface area contributed by atoms with Crippen LogP contribution in [0.4, 0.5) is 5.82 Å². The fourth-order valence-corrected chi connectivity index (χ4v) is 4.12. The number of anilines is 1. The van der Waals surface area contributed by atoms with Gasteiger partial charge in [0.2, 0.25) is 0 Å². The van der Waals surface area contributed by atoms with Crippen molar-refractivity contribution in [3.63, 3.8) is 0 Å². The maximum Gasteiger partial charge on any atom is 0.253 e. The lowest BCUT2D eigenvalue weighted by atomic mass is 10.0. The Morgan fingerprint density at radius 1 is 0.903 bits per heavy atom. The van der Waals surface area contributed by atoms with Gasteiger partial charge in [0.05, 0.1) is 0 Å². The van der Waals surface area contributed by atoms with Gasteiger partial charge in [-0.1, -0.05) is 41.4 Å². The van der Waals surface area contributed by atoms with Crippen molar-refractivity contribution in [2.24, 2.45) is 0 Å². The number of amides is 1. The second kappa shape index (κ2) is 9.06. The normalized spacial score (nSPS) is 14.1. The Bertz CT molecular complexity index is 1070. The van der Waals surface area contributed by atoms with Gasteiger partial charge in [-0.15, -0.1) is 0 Å². The van der Waals surface area contributed by atoms with Gasteiger partial charge in [-0.3, -0.25) is 4.79 Å². The number of piperazine rings is 1. The summed E-state index contributed by atoms with van der Waals surface area (Å²) in [6.45, 7) is 8.85. The molecule has 3 aromatic rings. The lowest BCUT2D eigenvalue weighted by molar-refractivity contribution is 0.0746. The number of halogens is 1. The molecule has 0 atom stereocenters. The molecule has 1 aromatic heterocycles. The number of hydrogen-bond donors (Lipinski definition) is 0. The zero-order valence-corrected chi connectivity index (χ0v) is 19.0. The minimum Gasteiger partial charge on any atom is -0.353 e. The fraction of sp³-hybridized carbons (Fsp3) is 0.320. The molecule has 2 aromatic carbocycles. The van der Waals surface area contributed by atoms with Gasteiger partial charge in [0.1, 0.15) is 11.6 Å². The molecule has 1 amide bonds. The Kier molecular flexibility index (Phi) is 6.23. The number of aryl methyl sites for hydroxylation is 3. The van der Waals surface area contributed by atoms with Crippen LogP contribution in [0.2, 0.25) is 5.02 Å². The van der Waals surface area contributed by atoms with E-state index in [9.17, 15) is 4.79 Å².